The molecule has 1 fully saturated rings. The van der Waals surface area contributed by atoms with Crippen molar-refractivity contribution in [3.05, 3.63) is 97.3 Å². The summed E-state index contributed by atoms with van der Waals surface area (Å²) in [5.74, 6) is 0.724. The van der Waals surface area contributed by atoms with Crippen LogP contribution in [0.3, 0.4) is 0 Å². The molecule has 1 aliphatic carbocycles. The predicted octanol–water partition coefficient (Wildman–Crippen LogP) is 5.58. The number of rotatable bonds is 10. The highest BCUT2D eigenvalue weighted by atomic mass is 15.2. The first-order chi connectivity index (χ1) is 13.4. The molecule has 0 N–H and O–H groups in total. The van der Waals surface area contributed by atoms with Gasteiger partial charge in [0.2, 0.25) is 0 Å². The summed E-state index contributed by atoms with van der Waals surface area (Å²) >= 11 is 0. The Morgan fingerprint density at radius 1 is 0.964 bits per heavy atom. The summed E-state index contributed by atoms with van der Waals surface area (Å²) in [7, 11) is 0. The van der Waals surface area contributed by atoms with Crippen LogP contribution in [0.25, 0.3) is 0 Å². The van der Waals surface area contributed by atoms with Crippen LogP contribution >= 0.6 is 0 Å². The average Bonchev–Trinajstić information content (AvgIpc) is 3.31. The minimum absolute atomic E-state index is 0.548. The second kappa shape index (κ2) is 8.79. The van der Waals surface area contributed by atoms with Gasteiger partial charge in [-0.05, 0) is 77.3 Å². The monoisotopic (exact) mass is 374 g/mol. The smallest absolute Gasteiger partial charge is 0.0538 e. The van der Waals surface area contributed by atoms with Gasteiger partial charge in [0.15, 0.2) is 0 Å². The lowest BCUT2D eigenvalue weighted by atomic mass is 9.82. The van der Waals surface area contributed by atoms with E-state index in [1.807, 2.05) is 0 Å². The van der Waals surface area contributed by atoms with Crippen molar-refractivity contribution >= 4 is 0 Å². The van der Waals surface area contributed by atoms with E-state index >= 15 is 0 Å². The number of hydrogen-bond donors (Lipinski definition) is 0. The van der Waals surface area contributed by atoms with Crippen molar-refractivity contribution in [3.8, 4) is 0 Å². The maximum atomic E-state index is 4.15. The molecule has 1 saturated heterocycles. The van der Waals surface area contributed by atoms with Crippen LogP contribution in [-0.2, 0) is 0 Å². The summed E-state index contributed by atoms with van der Waals surface area (Å²) in [6.07, 6.45) is 12.7. The molecule has 0 spiro atoms. The van der Waals surface area contributed by atoms with E-state index in [0.717, 1.165) is 60.7 Å². The van der Waals surface area contributed by atoms with Crippen molar-refractivity contribution < 1.29 is 0 Å². The van der Waals surface area contributed by atoms with E-state index < -0.39 is 0 Å². The molecule has 2 unspecified atom stereocenters. The Bertz CT molecular complexity index is 776. The molecule has 2 nitrogen and oxygen atoms in total. The summed E-state index contributed by atoms with van der Waals surface area (Å²) in [4.78, 5) is 5.09. The highest BCUT2D eigenvalue weighted by Crippen LogP contribution is 2.41. The van der Waals surface area contributed by atoms with E-state index in [9.17, 15) is 0 Å². The summed E-state index contributed by atoms with van der Waals surface area (Å²) in [5, 5.41) is 0. The van der Waals surface area contributed by atoms with Crippen LogP contribution in [0.2, 0.25) is 0 Å². The largest absolute Gasteiger partial charge is 0.370 e. The quantitative estimate of drug-likeness (QED) is 0.460. The molecular formula is C26H34N2. The van der Waals surface area contributed by atoms with Gasteiger partial charge in [0.05, 0.1) is 6.04 Å². The van der Waals surface area contributed by atoms with Gasteiger partial charge in [0.25, 0.3) is 0 Å². The van der Waals surface area contributed by atoms with Crippen LogP contribution in [0.15, 0.2) is 97.3 Å². The third-order valence-electron chi connectivity index (χ3n) is 6.53. The standard InChI is InChI=1S/C26H34N2/c1-7-19(3)21(5)11-14-27-17-23-9-10-26-24(25(23)18-27)13-16-28(26)15-12-22(6)20(4)8-2/h7-8,13,16,23,26H,1-6,9-12,14-15,17-18H2. The lowest BCUT2D eigenvalue weighted by molar-refractivity contribution is 0.281. The highest BCUT2D eigenvalue weighted by Gasteiger charge is 2.38. The lowest BCUT2D eigenvalue weighted by Crippen LogP contribution is -2.33. The predicted molar refractivity (Wildman–Crippen MR) is 122 cm³/mol. The van der Waals surface area contributed by atoms with E-state index in [4.69, 9.17) is 0 Å². The molecule has 0 amide bonds. The molecule has 2 atom stereocenters. The van der Waals surface area contributed by atoms with Crippen LogP contribution in [0.5, 0.6) is 0 Å². The molecule has 2 aliphatic heterocycles. The van der Waals surface area contributed by atoms with Crippen molar-refractivity contribution in [3.63, 3.8) is 0 Å². The van der Waals surface area contributed by atoms with Gasteiger partial charge in [-0.3, -0.25) is 4.90 Å². The Labute approximate surface area is 171 Å². The highest BCUT2D eigenvalue weighted by molar-refractivity contribution is 5.42. The number of fused-ring (bicyclic) bond motifs is 2. The van der Waals surface area contributed by atoms with Crippen molar-refractivity contribution in [2.45, 2.75) is 31.7 Å². The third kappa shape index (κ3) is 4.23. The fourth-order valence-electron chi connectivity index (χ4n) is 4.59. The van der Waals surface area contributed by atoms with Gasteiger partial charge in [0, 0.05) is 26.2 Å². The first-order valence-electron chi connectivity index (χ1n) is 10.3. The van der Waals surface area contributed by atoms with E-state index in [1.165, 1.54) is 19.4 Å². The maximum absolute atomic E-state index is 4.15. The number of allylic oxidation sites excluding steroid dienone is 4. The zero-order valence-corrected chi connectivity index (χ0v) is 17.3. The fourth-order valence-corrected chi connectivity index (χ4v) is 4.59. The first kappa shape index (κ1) is 20.4. The second-order valence-corrected chi connectivity index (χ2v) is 8.23. The zero-order chi connectivity index (χ0) is 20.3. The Balaban J connectivity index is 1.58. The Morgan fingerprint density at radius 2 is 1.61 bits per heavy atom. The molecule has 0 saturated carbocycles. The molecule has 2 heteroatoms. The minimum atomic E-state index is 0.548. The number of hydrogen-bond acceptors (Lipinski definition) is 2. The lowest BCUT2D eigenvalue weighted by Gasteiger charge is -2.33. The Kier molecular flexibility index (Phi) is 6.41. The average molecular weight is 375 g/mol. The van der Waals surface area contributed by atoms with Crippen molar-refractivity contribution in [2.24, 2.45) is 5.92 Å². The molecule has 0 bridgehead atoms. The molecule has 0 radical (unpaired) electrons. The van der Waals surface area contributed by atoms with E-state index in [1.54, 1.807) is 23.3 Å². The minimum Gasteiger partial charge on any atom is -0.370 e. The van der Waals surface area contributed by atoms with Gasteiger partial charge in [-0.2, -0.15) is 0 Å². The van der Waals surface area contributed by atoms with Gasteiger partial charge < -0.3 is 4.90 Å². The number of likely N-dealkylation sites (tertiary alicyclic amines) is 1. The van der Waals surface area contributed by atoms with Gasteiger partial charge in [-0.15, -0.1) is 0 Å². The van der Waals surface area contributed by atoms with Gasteiger partial charge in [-0.1, -0.05) is 51.6 Å². The van der Waals surface area contributed by atoms with E-state index in [0.29, 0.717) is 6.04 Å². The molecule has 0 aromatic rings. The third-order valence-corrected chi connectivity index (χ3v) is 6.53. The van der Waals surface area contributed by atoms with E-state index in [2.05, 4.69) is 61.5 Å². The summed E-state index contributed by atoms with van der Waals surface area (Å²) in [6.45, 7) is 28.2. The second-order valence-electron chi connectivity index (χ2n) is 8.23. The first-order valence-corrected chi connectivity index (χ1v) is 10.3. The maximum Gasteiger partial charge on any atom is 0.0538 e. The van der Waals surface area contributed by atoms with Crippen LogP contribution in [0.4, 0.5) is 0 Å². The molecule has 0 aromatic carbocycles. The molecule has 2 heterocycles. The van der Waals surface area contributed by atoms with Crippen molar-refractivity contribution in [1.29, 1.82) is 0 Å². The fraction of sp³-hybridized carbons (Fsp3) is 0.385. The summed E-state index contributed by atoms with van der Waals surface area (Å²) in [5.41, 5.74) is 7.35. The van der Waals surface area contributed by atoms with Crippen LogP contribution in [0.1, 0.15) is 25.7 Å². The molecule has 28 heavy (non-hydrogen) atoms. The van der Waals surface area contributed by atoms with E-state index in [-0.39, 0.29) is 0 Å². The van der Waals surface area contributed by atoms with Crippen molar-refractivity contribution in [1.82, 2.24) is 9.80 Å². The Morgan fingerprint density at radius 3 is 2.25 bits per heavy atom. The Hall–Kier alpha value is -2.32. The molecule has 0 aromatic heterocycles. The van der Waals surface area contributed by atoms with Gasteiger partial charge in [-0.25, -0.2) is 0 Å². The summed E-state index contributed by atoms with van der Waals surface area (Å²) < 4.78 is 0. The SMILES string of the molecule is C=CC(=C)C(=C)CCN1CC2=C3C=CN(CCC(=C)C(=C)C=C)C3CCC2C1. The van der Waals surface area contributed by atoms with Crippen LogP contribution in [0, 0.1) is 5.92 Å². The van der Waals surface area contributed by atoms with Crippen LogP contribution in [-0.4, -0.2) is 42.0 Å². The molecule has 148 valence electrons. The zero-order valence-electron chi connectivity index (χ0n) is 17.3. The number of nitrogens with zero attached hydrogens (tertiary/aromatic N) is 2. The van der Waals surface area contributed by atoms with Crippen molar-refractivity contribution in [2.75, 3.05) is 26.2 Å². The molecular weight excluding hydrogens is 340 g/mol. The normalized spacial score (nSPS) is 23.4. The van der Waals surface area contributed by atoms with Crippen LogP contribution < -0.4 is 0 Å². The van der Waals surface area contributed by atoms with Gasteiger partial charge >= 0.3 is 0 Å². The summed E-state index contributed by atoms with van der Waals surface area (Å²) in [6, 6.07) is 0.548. The molecule has 3 aliphatic rings. The van der Waals surface area contributed by atoms with Gasteiger partial charge in [0.1, 0.15) is 0 Å². The molecule has 3 rings (SSSR count). The topological polar surface area (TPSA) is 6.48 Å².